The summed E-state index contributed by atoms with van der Waals surface area (Å²) in [6, 6.07) is 19.5. The Morgan fingerprint density at radius 1 is 1.04 bits per heavy atom. The minimum absolute atomic E-state index is 0.238. The molecule has 0 bridgehead atoms. The van der Waals surface area contributed by atoms with Crippen molar-refractivity contribution in [1.82, 2.24) is 5.48 Å². The van der Waals surface area contributed by atoms with Gasteiger partial charge in [0, 0.05) is 6.20 Å². The first-order chi connectivity index (χ1) is 12.3. The number of carbonyl (C=O) groups excluding carboxylic acids is 1. The predicted octanol–water partition coefficient (Wildman–Crippen LogP) is 3.43. The fourth-order valence-electron chi connectivity index (χ4n) is 2.01. The number of nitrogens with one attached hydrogen (secondary N) is 1. The van der Waals surface area contributed by atoms with Gasteiger partial charge in [0.2, 0.25) is 0 Å². The fourth-order valence-corrected chi connectivity index (χ4v) is 2.01. The molecule has 0 fully saturated rings. The molecule has 2 aromatic carbocycles. The molecular weight excluding hydrogens is 316 g/mol. The van der Waals surface area contributed by atoms with Crippen LogP contribution >= 0.6 is 0 Å². The second-order valence-corrected chi connectivity index (χ2v) is 5.13. The van der Waals surface area contributed by atoms with Crippen LogP contribution in [-0.2, 0) is 27.5 Å². The van der Waals surface area contributed by atoms with Crippen LogP contribution in [0.4, 0.5) is 0 Å². The number of carbonyl (C=O) groups is 1. The van der Waals surface area contributed by atoms with Gasteiger partial charge in [-0.3, -0.25) is 15.3 Å². The highest BCUT2D eigenvalue weighted by molar-refractivity contribution is 6.41. The molecule has 0 aliphatic rings. The van der Waals surface area contributed by atoms with Gasteiger partial charge in [-0.15, -0.1) is 0 Å². The maximum atomic E-state index is 12.0. The maximum absolute atomic E-state index is 12.0. The van der Waals surface area contributed by atoms with Gasteiger partial charge >= 0.3 is 5.97 Å². The lowest BCUT2D eigenvalue weighted by Crippen LogP contribution is -2.17. The molecule has 0 saturated heterocycles. The average molecular weight is 338 g/mol. The Labute approximate surface area is 148 Å². The summed E-state index contributed by atoms with van der Waals surface area (Å²) in [5.41, 5.74) is 5.00. The molecule has 0 spiro atoms. The lowest BCUT2D eigenvalue weighted by molar-refractivity contribution is -0.134. The Balaban J connectivity index is 1.89. The van der Waals surface area contributed by atoms with Crippen molar-refractivity contribution in [3.05, 3.63) is 84.1 Å². The summed E-state index contributed by atoms with van der Waals surface area (Å²) in [7, 11) is 0. The predicted molar refractivity (Wildman–Crippen MR) is 97.7 cm³/mol. The van der Waals surface area contributed by atoms with Gasteiger partial charge in [0.05, 0.1) is 19.8 Å². The van der Waals surface area contributed by atoms with E-state index in [4.69, 9.17) is 9.57 Å². The zero-order chi connectivity index (χ0) is 17.7. The number of benzene rings is 2. The highest BCUT2D eigenvalue weighted by Crippen LogP contribution is 2.02. The minimum atomic E-state index is -0.459. The van der Waals surface area contributed by atoms with Crippen LogP contribution < -0.4 is 5.48 Å². The smallest absolute Gasteiger partial charge is 0.356 e. The topological polar surface area (TPSA) is 59.9 Å². The van der Waals surface area contributed by atoms with Crippen molar-refractivity contribution in [1.29, 1.82) is 0 Å². The first kappa shape index (κ1) is 18.4. The standard InChI is InChI=1S/C20H22N2O3/c1-2-24-20(23)19(21-15-17-9-5-3-6-10-17)13-14-22-25-16-18-11-7-4-8-12-18/h3-14,22H,2,15-16H2,1H3/b14-13+,21-19?. The number of hydrogen-bond acceptors (Lipinski definition) is 5. The van der Waals surface area contributed by atoms with Gasteiger partial charge in [-0.05, 0) is 24.1 Å². The van der Waals surface area contributed by atoms with Gasteiger partial charge in [-0.1, -0.05) is 60.7 Å². The monoisotopic (exact) mass is 338 g/mol. The third kappa shape index (κ3) is 7.01. The largest absolute Gasteiger partial charge is 0.461 e. The minimum Gasteiger partial charge on any atom is -0.461 e. The van der Waals surface area contributed by atoms with Crippen LogP contribution in [0.1, 0.15) is 18.1 Å². The number of aliphatic imine (C=N–C) groups is 1. The molecule has 25 heavy (non-hydrogen) atoms. The SMILES string of the molecule is CCOC(=O)C(/C=C/NOCc1ccccc1)=NCc1ccccc1. The van der Waals surface area contributed by atoms with Crippen molar-refractivity contribution in [2.24, 2.45) is 4.99 Å². The molecule has 0 atom stereocenters. The lowest BCUT2D eigenvalue weighted by Gasteiger charge is -2.04. The van der Waals surface area contributed by atoms with E-state index in [2.05, 4.69) is 10.5 Å². The van der Waals surface area contributed by atoms with Crippen molar-refractivity contribution < 1.29 is 14.4 Å². The third-order valence-electron chi connectivity index (χ3n) is 3.23. The average Bonchev–Trinajstić information content (AvgIpc) is 2.65. The van der Waals surface area contributed by atoms with Crippen LogP contribution in [-0.4, -0.2) is 18.3 Å². The molecule has 130 valence electrons. The first-order valence-electron chi connectivity index (χ1n) is 8.13. The van der Waals surface area contributed by atoms with Crippen LogP contribution in [0, 0.1) is 0 Å². The van der Waals surface area contributed by atoms with Gasteiger partial charge in [0.15, 0.2) is 0 Å². The Morgan fingerprint density at radius 2 is 1.68 bits per heavy atom. The molecule has 0 radical (unpaired) electrons. The molecule has 2 rings (SSSR count). The molecule has 1 N–H and O–H groups in total. The molecule has 0 saturated carbocycles. The summed E-state index contributed by atoms with van der Waals surface area (Å²) in [6.45, 7) is 2.89. The van der Waals surface area contributed by atoms with Crippen molar-refractivity contribution in [3.63, 3.8) is 0 Å². The van der Waals surface area contributed by atoms with Gasteiger partial charge in [0.1, 0.15) is 5.71 Å². The van der Waals surface area contributed by atoms with Crippen molar-refractivity contribution >= 4 is 11.7 Å². The Kier molecular flexibility index (Phi) is 7.94. The zero-order valence-corrected chi connectivity index (χ0v) is 14.2. The molecule has 0 aliphatic heterocycles. The van der Waals surface area contributed by atoms with Crippen LogP contribution in [0.3, 0.4) is 0 Å². The van der Waals surface area contributed by atoms with E-state index in [1.807, 2.05) is 60.7 Å². The van der Waals surface area contributed by atoms with Crippen LogP contribution in [0.15, 0.2) is 77.9 Å². The zero-order valence-electron chi connectivity index (χ0n) is 14.2. The molecule has 5 nitrogen and oxygen atoms in total. The van der Waals surface area contributed by atoms with E-state index in [1.165, 1.54) is 6.20 Å². The summed E-state index contributed by atoms with van der Waals surface area (Å²) in [4.78, 5) is 21.6. The highest BCUT2D eigenvalue weighted by atomic mass is 16.6. The van der Waals surface area contributed by atoms with Crippen molar-refractivity contribution in [2.45, 2.75) is 20.1 Å². The maximum Gasteiger partial charge on any atom is 0.356 e. The van der Waals surface area contributed by atoms with E-state index in [0.29, 0.717) is 19.8 Å². The quantitative estimate of drug-likeness (QED) is 0.329. The molecule has 5 heteroatoms. The first-order valence-corrected chi connectivity index (χ1v) is 8.13. The molecule has 2 aromatic rings. The second kappa shape index (κ2) is 10.8. The number of esters is 1. The second-order valence-electron chi connectivity index (χ2n) is 5.13. The Morgan fingerprint density at radius 3 is 2.32 bits per heavy atom. The van der Waals surface area contributed by atoms with Crippen LogP contribution in [0.5, 0.6) is 0 Å². The van der Waals surface area contributed by atoms with Gasteiger partial charge in [-0.2, -0.15) is 0 Å². The van der Waals surface area contributed by atoms with E-state index in [1.54, 1.807) is 13.0 Å². The number of ether oxygens (including phenoxy) is 1. The summed E-state index contributed by atoms with van der Waals surface area (Å²) in [5.74, 6) is -0.459. The third-order valence-corrected chi connectivity index (χ3v) is 3.23. The molecule has 0 amide bonds. The normalized spacial score (nSPS) is 11.5. The van der Waals surface area contributed by atoms with Crippen LogP contribution in [0.25, 0.3) is 0 Å². The summed E-state index contributed by atoms with van der Waals surface area (Å²) in [6.07, 6.45) is 3.08. The summed E-state index contributed by atoms with van der Waals surface area (Å²) < 4.78 is 5.03. The van der Waals surface area contributed by atoms with E-state index in [-0.39, 0.29) is 5.71 Å². The molecule has 0 heterocycles. The van der Waals surface area contributed by atoms with E-state index < -0.39 is 5.97 Å². The molecule has 0 aromatic heterocycles. The number of nitrogens with zero attached hydrogens (tertiary/aromatic N) is 1. The van der Waals surface area contributed by atoms with Crippen molar-refractivity contribution in [2.75, 3.05) is 6.61 Å². The van der Waals surface area contributed by atoms with Gasteiger partial charge in [-0.25, -0.2) is 4.79 Å². The summed E-state index contributed by atoms with van der Waals surface area (Å²) in [5, 5.41) is 0. The molecule has 0 unspecified atom stereocenters. The fraction of sp³-hybridized carbons (Fsp3) is 0.200. The van der Waals surface area contributed by atoms with Crippen LogP contribution in [0.2, 0.25) is 0 Å². The molecule has 0 aliphatic carbocycles. The highest BCUT2D eigenvalue weighted by Gasteiger charge is 2.08. The number of hydrogen-bond donors (Lipinski definition) is 1. The Bertz CT molecular complexity index is 697. The summed E-state index contributed by atoms with van der Waals surface area (Å²) >= 11 is 0. The molecular formula is C20H22N2O3. The Hall–Kier alpha value is -2.92. The van der Waals surface area contributed by atoms with Crippen molar-refractivity contribution in [3.8, 4) is 0 Å². The number of rotatable bonds is 9. The van der Waals surface area contributed by atoms with E-state index >= 15 is 0 Å². The lowest BCUT2D eigenvalue weighted by atomic mass is 10.2. The van der Waals surface area contributed by atoms with Gasteiger partial charge < -0.3 is 4.74 Å². The van der Waals surface area contributed by atoms with Gasteiger partial charge in [0.25, 0.3) is 0 Å². The van der Waals surface area contributed by atoms with E-state index in [0.717, 1.165) is 11.1 Å². The number of hydroxylamine groups is 1. The van der Waals surface area contributed by atoms with E-state index in [9.17, 15) is 4.79 Å².